The van der Waals surface area contributed by atoms with Crippen LogP contribution in [0.1, 0.15) is 43.0 Å². The number of hydrogen-bond acceptors (Lipinski definition) is 5. The minimum absolute atomic E-state index is 0.00990. The number of nitrogens with zero attached hydrogens (tertiary/aromatic N) is 1. The summed E-state index contributed by atoms with van der Waals surface area (Å²) in [7, 11) is 3.03. The van der Waals surface area contributed by atoms with Crippen molar-refractivity contribution in [2.75, 3.05) is 33.9 Å². The summed E-state index contributed by atoms with van der Waals surface area (Å²) in [5, 5.41) is 2.94. The van der Waals surface area contributed by atoms with Crippen molar-refractivity contribution in [3.8, 4) is 11.5 Å². The molecule has 1 atom stereocenters. The number of benzene rings is 1. The van der Waals surface area contributed by atoms with Gasteiger partial charge in [-0.05, 0) is 37.8 Å². The molecule has 0 bridgehead atoms. The van der Waals surface area contributed by atoms with Crippen molar-refractivity contribution in [2.45, 2.75) is 32.6 Å². The second-order valence-corrected chi connectivity index (χ2v) is 6.80. The van der Waals surface area contributed by atoms with E-state index in [-0.39, 0.29) is 36.4 Å². The summed E-state index contributed by atoms with van der Waals surface area (Å²) in [6.45, 7) is 3.29. The Morgan fingerprint density at radius 3 is 2.63 bits per heavy atom. The SMILES string of the molecule is COc1cccc(C(=O)NCC2CCCN(C(=O)CCC(C)=O)C2)c1OC. The van der Waals surface area contributed by atoms with Crippen molar-refractivity contribution in [1.29, 1.82) is 0 Å². The molecule has 27 heavy (non-hydrogen) atoms. The Hall–Kier alpha value is -2.57. The topological polar surface area (TPSA) is 84.9 Å². The monoisotopic (exact) mass is 376 g/mol. The van der Waals surface area contributed by atoms with E-state index in [0.717, 1.165) is 12.8 Å². The first-order chi connectivity index (χ1) is 13.0. The van der Waals surface area contributed by atoms with Crippen molar-refractivity contribution in [3.63, 3.8) is 0 Å². The molecule has 2 rings (SSSR count). The van der Waals surface area contributed by atoms with Crippen LogP contribution in [0.15, 0.2) is 18.2 Å². The number of piperidine rings is 1. The fraction of sp³-hybridized carbons (Fsp3) is 0.550. The molecule has 0 aromatic heterocycles. The summed E-state index contributed by atoms with van der Waals surface area (Å²) in [5.74, 6) is 0.908. The minimum Gasteiger partial charge on any atom is -0.493 e. The van der Waals surface area contributed by atoms with Gasteiger partial charge in [-0.2, -0.15) is 0 Å². The van der Waals surface area contributed by atoms with E-state index in [0.29, 0.717) is 36.7 Å². The van der Waals surface area contributed by atoms with Gasteiger partial charge in [0.25, 0.3) is 5.91 Å². The van der Waals surface area contributed by atoms with Gasteiger partial charge in [-0.25, -0.2) is 0 Å². The molecule has 148 valence electrons. The van der Waals surface area contributed by atoms with E-state index in [4.69, 9.17) is 9.47 Å². The molecule has 1 aliphatic rings. The number of amides is 2. The number of likely N-dealkylation sites (tertiary alicyclic amines) is 1. The highest BCUT2D eigenvalue weighted by Crippen LogP contribution is 2.30. The van der Waals surface area contributed by atoms with E-state index in [9.17, 15) is 14.4 Å². The Bertz CT molecular complexity index is 689. The number of para-hydroxylation sites is 1. The second kappa shape index (κ2) is 9.94. The standard InChI is InChI=1S/C20H28N2O5/c1-14(23)9-10-18(24)22-11-5-6-15(13-22)12-21-20(25)16-7-4-8-17(26-2)19(16)27-3/h4,7-8,15H,5-6,9-13H2,1-3H3,(H,21,25). The second-order valence-electron chi connectivity index (χ2n) is 6.80. The van der Waals surface area contributed by atoms with E-state index in [2.05, 4.69) is 5.32 Å². The molecule has 7 nitrogen and oxygen atoms in total. The van der Waals surface area contributed by atoms with Crippen LogP contribution in [0.5, 0.6) is 11.5 Å². The molecule has 1 aromatic rings. The highest BCUT2D eigenvalue weighted by atomic mass is 16.5. The average Bonchev–Trinajstić information content (AvgIpc) is 2.69. The Labute approximate surface area is 160 Å². The maximum atomic E-state index is 12.6. The van der Waals surface area contributed by atoms with Crippen LogP contribution in [0, 0.1) is 5.92 Å². The summed E-state index contributed by atoms with van der Waals surface area (Å²) < 4.78 is 10.5. The number of hydrogen-bond donors (Lipinski definition) is 1. The number of carbonyl (C=O) groups excluding carboxylic acids is 3. The third kappa shape index (κ3) is 5.70. The number of rotatable bonds is 8. The molecule has 1 unspecified atom stereocenters. The van der Waals surface area contributed by atoms with Crippen LogP contribution in [-0.4, -0.2) is 56.4 Å². The van der Waals surface area contributed by atoms with Crippen LogP contribution in [0.3, 0.4) is 0 Å². The maximum Gasteiger partial charge on any atom is 0.255 e. The van der Waals surface area contributed by atoms with E-state index in [1.54, 1.807) is 23.1 Å². The molecule has 0 radical (unpaired) electrons. The number of ketones is 1. The van der Waals surface area contributed by atoms with E-state index in [1.165, 1.54) is 21.1 Å². The Kier molecular flexibility index (Phi) is 7.64. The third-order valence-electron chi connectivity index (χ3n) is 4.76. The Morgan fingerprint density at radius 2 is 1.96 bits per heavy atom. The van der Waals surface area contributed by atoms with Crippen LogP contribution in [0.25, 0.3) is 0 Å². The van der Waals surface area contributed by atoms with Gasteiger partial charge in [0.15, 0.2) is 11.5 Å². The van der Waals surface area contributed by atoms with Gasteiger partial charge in [-0.1, -0.05) is 6.07 Å². The Morgan fingerprint density at radius 1 is 1.19 bits per heavy atom. The normalized spacial score (nSPS) is 16.6. The first-order valence-corrected chi connectivity index (χ1v) is 9.22. The predicted molar refractivity (Wildman–Crippen MR) is 101 cm³/mol. The number of methoxy groups -OCH3 is 2. The van der Waals surface area contributed by atoms with E-state index < -0.39 is 0 Å². The molecule has 1 heterocycles. The van der Waals surface area contributed by atoms with Crippen molar-refractivity contribution in [2.24, 2.45) is 5.92 Å². The predicted octanol–water partition coefficient (Wildman–Crippen LogP) is 2.04. The van der Waals surface area contributed by atoms with Gasteiger partial charge in [0.1, 0.15) is 5.78 Å². The molecule has 0 aliphatic carbocycles. The fourth-order valence-electron chi connectivity index (χ4n) is 3.30. The lowest BCUT2D eigenvalue weighted by Crippen LogP contribution is -2.43. The largest absolute Gasteiger partial charge is 0.493 e. The van der Waals surface area contributed by atoms with Crippen molar-refractivity contribution in [3.05, 3.63) is 23.8 Å². The number of carbonyl (C=O) groups is 3. The lowest BCUT2D eigenvalue weighted by Gasteiger charge is -2.33. The van der Waals surface area contributed by atoms with Gasteiger partial charge in [-0.15, -0.1) is 0 Å². The average molecular weight is 376 g/mol. The molecular weight excluding hydrogens is 348 g/mol. The Balaban J connectivity index is 1.91. The van der Waals surface area contributed by atoms with Gasteiger partial charge in [0, 0.05) is 32.5 Å². The van der Waals surface area contributed by atoms with Gasteiger partial charge >= 0.3 is 0 Å². The quantitative estimate of drug-likeness (QED) is 0.750. The molecule has 7 heteroatoms. The van der Waals surface area contributed by atoms with E-state index >= 15 is 0 Å². The van der Waals surface area contributed by atoms with Crippen molar-refractivity contribution in [1.82, 2.24) is 10.2 Å². The smallest absolute Gasteiger partial charge is 0.255 e. The summed E-state index contributed by atoms with van der Waals surface area (Å²) in [4.78, 5) is 37.7. The fourth-order valence-corrected chi connectivity index (χ4v) is 3.30. The molecule has 1 fully saturated rings. The summed E-state index contributed by atoms with van der Waals surface area (Å²) in [6, 6.07) is 5.17. The van der Waals surface area contributed by atoms with Gasteiger partial charge in [-0.3, -0.25) is 9.59 Å². The molecule has 0 saturated carbocycles. The highest BCUT2D eigenvalue weighted by Gasteiger charge is 2.24. The minimum atomic E-state index is -0.231. The van der Waals surface area contributed by atoms with Crippen molar-refractivity contribution >= 4 is 17.6 Å². The van der Waals surface area contributed by atoms with Crippen LogP contribution in [-0.2, 0) is 9.59 Å². The zero-order chi connectivity index (χ0) is 19.8. The summed E-state index contributed by atoms with van der Waals surface area (Å²) in [5.41, 5.74) is 0.419. The third-order valence-corrected chi connectivity index (χ3v) is 4.76. The maximum absolute atomic E-state index is 12.6. The van der Waals surface area contributed by atoms with E-state index in [1.807, 2.05) is 0 Å². The lowest BCUT2D eigenvalue weighted by molar-refractivity contribution is -0.134. The zero-order valence-corrected chi connectivity index (χ0v) is 16.2. The summed E-state index contributed by atoms with van der Waals surface area (Å²) >= 11 is 0. The zero-order valence-electron chi connectivity index (χ0n) is 16.2. The first kappa shape index (κ1) is 20.7. The van der Waals surface area contributed by atoms with Gasteiger partial charge in [0.05, 0.1) is 19.8 Å². The van der Waals surface area contributed by atoms with Crippen LogP contribution in [0.2, 0.25) is 0 Å². The van der Waals surface area contributed by atoms with Crippen LogP contribution in [0.4, 0.5) is 0 Å². The molecule has 1 aromatic carbocycles. The van der Waals surface area contributed by atoms with Crippen molar-refractivity contribution < 1.29 is 23.9 Å². The van der Waals surface area contributed by atoms with Gasteiger partial charge < -0.3 is 24.5 Å². The molecular formula is C20H28N2O5. The lowest BCUT2D eigenvalue weighted by atomic mass is 9.97. The molecule has 0 spiro atoms. The van der Waals surface area contributed by atoms with Crippen LogP contribution < -0.4 is 14.8 Å². The number of Topliss-reactive ketones (excluding diaryl/α,β-unsaturated/α-hetero) is 1. The summed E-state index contributed by atoms with van der Waals surface area (Å²) in [6.07, 6.45) is 2.39. The molecule has 2 amide bonds. The molecule has 1 saturated heterocycles. The van der Waals surface area contributed by atoms with Gasteiger partial charge in [0.2, 0.25) is 5.91 Å². The first-order valence-electron chi connectivity index (χ1n) is 9.22. The highest BCUT2D eigenvalue weighted by molar-refractivity contribution is 5.97. The number of nitrogens with one attached hydrogen (secondary N) is 1. The number of ether oxygens (including phenoxy) is 2. The molecule has 1 N–H and O–H groups in total. The van der Waals surface area contributed by atoms with Crippen LogP contribution >= 0.6 is 0 Å². The molecule has 1 aliphatic heterocycles.